The fraction of sp³-hybridized carbons (Fsp3) is 0.833. The van der Waals surface area contributed by atoms with Gasteiger partial charge in [0.15, 0.2) is 0 Å². The zero-order valence-electron chi connectivity index (χ0n) is 10.2. The number of carbonyl (C=O) groups is 1. The summed E-state index contributed by atoms with van der Waals surface area (Å²) in [6.07, 6.45) is 5.24. The lowest BCUT2D eigenvalue weighted by Crippen LogP contribution is -2.44. The van der Waals surface area contributed by atoms with E-state index < -0.39 is 0 Å². The molecule has 1 aliphatic rings. The first-order chi connectivity index (χ1) is 7.50. The highest BCUT2D eigenvalue weighted by atomic mass is 32.1. The molecule has 1 saturated carbocycles. The summed E-state index contributed by atoms with van der Waals surface area (Å²) in [4.78, 5) is 14.4. The Morgan fingerprint density at radius 3 is 2.44 bits per heavy atom. The third kappa shape index (κ3) is 4.08. The van der Waals surface area contributed by atoms with Gasteiger partial charge in [0, 0.05) is 12.5 Å². The summed E-state index contributed by atoms with van der Waals surface area (Å²) in [6.45, 7) is 4.57. The van der Waals surface area contributed by atoms with Crippen molar-refractivity contribution in [2.24, 2.45) is 11.7 Å². The molecule has 2 N–H and O–H groups in total. The highest BCUT2D eigenvalue weighted by Gasteiger charge is 2.26. The Morgan fingerprint density at radius 2 is 2.00 bits per heavy atom. The van der Waals surface area contributed by atoms with Gasteiger partial charge in [0.2, 0.25) is 5.91 Å². The van der Waals surface area contributed by atoms with E-state index in [1.54, 1.807) is 0 Å². The van der Waals surface area contributed by atoms with Crippen LogP contribution in [0.3, 0.4) is 0 Å². The van der Waals surface area contributed by atoms with Crippen molar-refractivity contribution < 1.29 is 4.79 Å². The van der Waals surface area contributed by atoms with E-state index in [9.17, 15) is 4.79 Å². The molecule has 0 radical (unpaired) electrons. The summed E-state index contributed by atoms with van der Waals surface area (Å²) >= 11 is 4.92. The second-order valence-corrected chi connectivity index (χ2v) is 5.55. The molecular weight excluding hydrogens is 220 g/mol. The second kappa shape index (κ2) is 6.18. The van der Waals surface area contributed by atoms with E-state index in [4.69, 9.17) is 18.0 Å². The summed E-state index contributed by atoms with van der Waals surface area (Å²) < 4.78 is 0. The molecule has 4 heteroatoms. The van der Waals surface area contributed by atoms with Crippen molar-refractivity contribution >= 4 is 23.1 Å². The SMILES string of the molecule is CC(C)CC(=O)N(CC(N)=S)C1CCCC1. The predicted molar refractivity (Wildman–Crippen MR) is 70.2 cm³/mol. The van der Waals surface area contributed by atoms with Crippen molar-refractivity contribution in [1.82, 2.24) is 4.90 Å². The van der Waals surface area contributed by atoms with Gasteiger partial charge in [-0.1, -0.05) is 38.9 Å². The first kappa shape index (κ1) is 13.4. The van der Waals surface area contributed by atoms with Gasteiger partial charge in [-0.15, -0.1) is 0 Å². The molecule has 0 saturated heterocycles. The van der Waals surface area contributed by atoms with Gasteiger partial charge in [-0.05, 0) is 18.8 Å². The van der Waals surface area contributed by atoms with Gasteiger partial charge in [-0.2, -0.15) is 0 Å². The largest absolute Gasteiger partial charge is 0.392 e. The smallest absolute Gasteiger partial charge is 0.223 e. The molecule has 0 atom stereocenters. The average molecular weight is 242 g/mol. The quantitative estimate of drug-likeness (QED) is 0.751. The lowest BCUT2D eigenvalue weighted by molar-refractivity contribution is -0.133. The number of nitrogens with zero attached hydrogens (tertiary/aromatic N) is 1. The van der Waals surface area contributed by atoms with Crippen molar-refractivity contribution in [3.05, 3.63) is 0 Å². The maximum atomic E-state index is 12.1. The van der Waals surface area contributed by atoms with E-state index in [0.29, 0.717) is 29.9 Å². The molecule has 3 nitrogen and oxygen atoms in total. The molecule has 0 aromatic rings. The molecular formula is C12H22N2OS. The zero-order chi connectivity index (χ0) is 12.1. The summed E-state index contributed by atoms with van der Waals surface area (Å²) in [5.74, 6) is 0.595. The molecule has 1 rings (SSSR count). The molecule has 1 amide bonds. The van der Waals surface area contributed by atoms with Crippen LogP contribution < -0.4 is 5.73 Å². The van der Waals surface area contributed by atoms with Crippen molar-refractivity contribution in [2.75, 3.05) is 6.54 Å². The van der Waals surface area contributed by atoms with Gasteiger partial charge < -0.3 is 10.6 Å². The Hall–Kier alpha value is -0.640. The predicted octanol–water partition coefficient (Wildman–Crippen LogP) is 2.09. The van der Waals surface area contributed by atoms with Crippen LogP contribution in [0, 0.1) is 5.92 Å². The Labute approximate surface area is 103 Å². The Kier molecular flexibility index (Phi) is 5.19. The van der Waals surface area contributed by atoms with Gasteiger partial charge in [0.1, 0.15) is 0 Å². The summed E-state index contributed by atoms with van der Waals surface area (Å²) in [5, 5.41) is 0. The molecule has 0 aromatic heterocycles. The maximum absolute atomic E-state index is 12.1. The Balaban J connectivity index is 2.61. The van der Waals surface area contributed by atoms with Gasteiger partial charge in [0.25, 0.3) is 0 Å². The monoisotopic (exact) mass is 242 g/mol. The molecule has 92 valence electrons. The van der Waals surface area contributed by atoms with Crippen LogP contribution in [0.25, 0.3) is 0 Å². The first-order valence-corrected chi connectivity index (χ1v) is 6.49. The van der Waals surface area contributed by atoms with Crippen molar-refractivity contribution in [1.29, 1.82) is 0 Å². The minimum Gasteiger partial charge on any atom is -0.392 e. The molecule has 16 heavy (non-hydrogen) atoms. The second-order valence-electron chi connectivity index (χ2n) is 5.02. The third-order valence-corrected chi connectivity index (χ3v) is 3.12. The highest BCUT2D eigenvalue weighted by molar-refractivity contribution is 7.80. The van der Waals surface area contributed by atoms with E-state index in [1.165, 1.54) is 12.8 Å². The lowest BCUT2D eigenvalue weighted by Gasteiger charge is -2.29. The number of hydrogen-bond donors (Lipinski definition) is 1. The number of thiocarbonyl (C=S) groups is 1. The van der Waals surface area contributed by atoms with E-state index in [-0.39, 0.29) is 5.91 Å². The maximum Gasteiger partial charge on any atom is 0.223 e. The van der Waals surface area contributed by atoms with E-state index in [2.05, 4.69) is 13.8 Å². The van der Waals surface area contributed by atoms with Gasteiger partial charge in [0.05, 0.1) is 11.5 Å². The first-order valence-electron chi connectivity index (χ1n) is 6.08. The molecule has 0 aromatic carbocycles. The van der Waals surface area contributed by atoms with Crippen LogP contribution in [-0.2, 0) is 4.79 Å². The summed E-state index contributed by atoms with van der Waals surface area (Å²) in [5.41, 5.74) is 5.57. The van der Waals surface area contributed by atoms with E-state index >= 15 is 0 Å². The molecule has 0 spiro atoms. The molecule has 1 aliphatic carbocycles. The van der Waals surface area contributed by atoms with Crippen LogP contribution in [0.15, 0.2) is 0 Å². The number of amides is 1. The number of carbonyl (C=O) groups excluding carboxylic acids is 1. The third-order valence-electron chi connectivity index (χ3n) is 2.99. The van der Waals surface area contributed by atoms with Crippen LogP contribution in [0.4, 0.5) is 0 Å². The summed E-state index contributed by atoms with van der Waals surface area (Å²) in [7, 11) is 0. The fourth-order valence-electron chi connectivity index (χ4n) is 2.27. The van der Waals surface area contributed by atoms with Crippen LogP contribution in [0.2, 0.25) is 0 Å². The van der Waals surface area contributed by atoms with E-state index in [0.717, 1.165) is 12.8 Å². The molecule has 0 heterocycles. The average Bonchev–Trinajstić information content (AvgIpc) is 2.64. The van der Waals surface area contributed by atoms with Crippen LogP contribution in [-0.4, -0.2) is 28.4 Å². The lowest BCUT2D eigenvalue weighted by atomic mass is 10.1. The molecule has 0 unspecified atom stereocenters. The molecule has 0 bridgehead atoms. The van der Waals surface area contributed by atoms with Crippen LogP contribution >= 0.6 is 12.2 Å². The molecule has 1 fully saturated rings. The zero-order valence-corrected chi connectivity index (χ0v) is 11.1. The summed E-state index contributed by atoms with van der Waals surface area (Å²) in [6, 6.07) is 0.368. The highest BCUT2D eigenvalue weighted by Crippen LogP contribution is 2.24. The van der Waals surface area contributed by atoms with Gasteiger partial charge >= 0.3 is 0 Å². The van der Waals surface area contributed by atoms with E-state index in [1.807, 2.05) is 4.90 Å². The topological polar surface area (TPSA) is 46.3 Å². The minimum atomic E-state index is 0.203. The number of hydrogen-bond acceptors (Lipinski definition) is 2. The fourth-order valence-corrected chi connectivity index (χ4v) is 2.41. The van der Waals surface area contributed by atoms with Crippen LogP contribution in [0.1, 0.15) is 46.0 Å². The Morgan fingerprint density at radius 1 is 1.44 bits per heavy atom. The van der Waals surface area contributed by atoms with Gasteiger partial charge in [-0.25, -0.2) is 0 Å². The van der Waals surface area contributed by atoms with Crippen molar-refractivity contribution in [3.63, 3.8) is 0 Å². The van der Waals surface area contributed by atoms with Gasteiger partial charge in [-0.3, -0.25) is 4.79 Å². The number of nitrogens with two attached hydrogens (primary N) is 1. The molecule has 0 aliphatic heterocycles. The minimum absolute atomic E-state index is 0.203. The normalized spacial score (nSPS) is 16.7. The van der Waals surface area contributed by atoms with Crippen LogP contribution in [0.5, 0.6) is 0 Å². The van der Waals surface area contributed by atoms with Crippen molar-refractivity contribution in [3.8, 4) is 0 Å². The van der Waals surface area contributed by atoms with Crippen molar-refractivity contribution in [2.45, 2.75) is 52.0 Å². The Bertz CT molecular complexity index is 260. The standard InChI is InChI=1S/C12H22N2OS/c1-9(2)7-12(15)14(8-11(13)16)10-5-3-4-6-10/h9-10H,3-8H2,1-2H3,(H2,13,16). The number of rotatable bonds is 5.